The highest BCUT2D eigenvalue weighted by atomic mass is 19.4. The first-order valence-corrected chi connectivity index (χ1v) is 9.16. The highest BCUT2D eigenvalue weighted by Gasteiger charge is 2.29. The molecular weight excluding hydrogens is 387 g/mol. The Morgan fingerprint density at radius 3 is 2.34 bits per heavy atom. The van der Waals surface area contributed by atoms with Gasteiger partial charge in [-0.15, -0.1) is 0 Å². The Hall–Kier alpha value is -2.77. The fourth-order valence-corrected chi connectivity index (χ4v) is 2.40. The van der Waals surface area contributed by atoms with Gasteiger partial charge in [0.1, 0.15) is 5.75 Å². The van der Waals surface area contributed by atoms with Crippen LogP contribution in [0.25, 0.3) is 10.8 Å². The van der Waals surface area contributed by atoms with Gasteiger partial charge in [0.2, 0.25) is 5.91 Å². The number of carbonyl (C=O) groups is 2. The maximum Gasteiger partial charge on any atom is 0.422 e. The summed E-state index contributed by atoms with van der Waals surface area (Å²) in [5, 5.41) is 4.66. The second kappa shape index (κ2) is 9.15. The van der Waals surface area contributed by atoms with Crippen LogP contribution in [0.15, 0.2) is 36.4 Å². The van der Waals surface area contributed by atoms with E-state index in [-0.39, 0.29) is 5.91 Å². The van der Waals surface area contributed by atoms with Crippen LogP contribution in [0.1, 0.15) is 32.8 Å². The van der Waals surface area contributed by atoms with Crippen molar-refractivity contribution in [3.63, 3.8) is 0 Å². The molecule has 0 spiro atoms. The highest BCUT2D eigenvalue weighted by Crippen LogP contribution is 2.23. The zero-order valence-corrected chi connectivity index (χ0v) is 16.6. The summed E-state index contributed by atoms with van der Waals surface area (Å²) in [6, 6.07) is 10.7. The van der Waals surface area contributed by atoms with Crippen molar-refractivity contribution in [2.75, 3.05) is 13.2 Å². The van der Waals surface area contributed by atoms with Crippen molar-refractivity contribution in [3.8, 4) is 5.75 Å². The van der Waals surface area contributed by atoms with E-state index in [1.54, 1.807) is 18.2 Å². The number of esters is 1. The predicted octanol–water partition coefficient (Wildman–Crippen LogP) is 4.38. The van der Waals surface area contributed by atoms with Gasteiger partial charge < -0.3 is 14.8 Å². The van der Waals surface area contributed by atoms with Gasteiger partial charge in [0.15, 0.2) is 13.2 Å². The van der Waals surface area contributed by atoms with Crippen LogP contribution in [0, 0.1) is 5.41 Å². The van der Waals surface area contributed by atoms with Crippen LogP contribution in [0.3, 0.4) is 0 Å². The van der Waals surface area contributed by atoms with Crippen molar-refractivity contribution in [2.45, 2.75) is 39.9 Å². The number of amides is 1. The molecule has 5 nitrogen and oxygen atoms in total. The summed E-state index contributed by atoms with van der Waals surface area (Å²) in [5.74, 6) is -0.767. The molecule has 0 aromatic heterocycles. The van der Waals surface area contributed by atoms with Gasteiger partial charge in [-0.2, -0.15) is 13.2 Å². The van der Waals surface area contributed by atoms with Crippen LogP contribution in [-0.4, -0.2) is 31.3 Å². The van der Waals surface area contributed by atoms with Crippen LogP contribution in [0.5, 0.6) is 5.75 Å². The van der Waals surface area contributed by atoms with Crippen LogP contribution >= 0.6 is 0 Å². The molecular formula is C21H24F3NO4. The zero-order valence-electron chi connectivity index (χ0n) is 16.6. The molecule has 0 fully saturated rings. The number of benzene rings is 2. The lowest BCUT2D eigenvalue weighted by Crippen LogP contribution is -2.35. The third-order valence-corrected chi connectivity index (χ3v) is 4.58. The molecule has 0 radical (unpaired) electrons. The Bertz CT molecular complexity index is 878. The fourth-order valence-electron chi connectivity index (χ4n) is 2.40. The predicted molar refractivity (Wildman–Crippen MR) is 102 cm³/mol. The monoisotopic (exact) mass is 411 g/mol. The van der Waals surface area contributed by atoms with Crippen molar-refractivity contribution >= 4 is 22.6 Å². The number of hydrogen-bond acceptors (Lipinski definition) is 4. The van der Waals surface area contributed by atoms with Gasteiger partial charge in [-0.3, -0.25) is 4.79 Å². The maximum atomic E-state index is 12.2. The number of nitrogens with one attached hydrogen (secondary N) is 1. The smallest absolute Gasteiger partial charge is 0.422 e. The SMILES string of the molecule is CCC(C)(C)C(=O)NCc1ccc2cc(OCC(=O)OCC(F)(F)F)ccc2c1. The molecule has 8 heteroatoms. The van der Waals surface area contributed by atoms with E-state index >= 15 is 0 Å². The molecule has 158 valence electrons. The van der Waals surface area contributed by atoms with E-state index in [1.165, 1.54) is 0 Å². The molecule has 29 heavy (non-hydrogen) atoms. The van der Waals surface area contributed by atoms with Crippen molar-refractivity contribution in [1.29, 1.82) is 0 Å². The van der Waals surface area contributed by atoms with Gasteiger partial charge in [0.25, 0.3) is 0 Å². The van der Waals surface area contributed by atoms with E-state index in [9.17, 15) is 22.8 Å². The first-order valence-electron chi connectivity index (χ1n) is 9.16. The number of alkyl halides is 3. The van der Waals surface area contributed by atoms with Crippen molar-refractivity contribution in [3.05, 3.63) is 42.0 Å². The lowest BCUT2D eigenvalue weighted by molar-refractivity contribution is -0.187. The van der Waals surface area contributed by atoms with E-state index < -0.39 is 30.8 Å². The molecule has 0 aliphatic rings. The lowest BCUT2D eigenvalue weighted by Gasteiger charge is -2.21. The second-order valence-corrected chi connectivity index (χ2v) is 7.33. The summed E-state index contributed by atoms with van der Waals surface area (Å²) in [7, 11) is 0. The van der Waals surface area contributed by atoms with Crippen LogP contribution in [0.2, 0.25) is 0 Å². The molecule has 2 rings (SSSR count). The molecule has 0 heterocycles. The number of rotatable bonds is 8. The molecule has 2 aromatic rings. The zero-order chi connectivity index (χ0) is 21.7. The topological polar surface area (TPSA) is 64.6 Å². The Kier molecular flexibility index (Phi) is 7.11. The molecule has 1 amide bonds. The molecule has 0 saturated heterocycles. The Balaban J connectivity index is 1.95. The summed E-state index contributed by atoms with van der Waals surface area (Å²) in [6.07, 6.45) is -3.83. The fraction of sp³-hybridized carbons (Fsp3) is 0.429. The van der Waals surface area contributed by atoms with Gasteiger partial charge in [-0.1, -0.05) is 39.0 Å². The standard InChI is InChI=1S/C21H24F3NO4/c1-4-20(2,3)19(27)25-11-14-5-6-16-10-17(8-7-15(16)9-14)28-12-18(26)29-13-21(22,23)24/h5-10H,4,11-13H2,1-3H3,(H,25,27). The molecule has 0 atom stereocenters. The van der Waals surface area contributed by atoms with Gasteiger partial charge in [0, 0.05) is 12.0 Å². The van der Waals surface area contributed by atoms with Crippen LogP contribution in [-0.2, 0) is 20.9 Å². The number of halogens is 3. The summed E-state index contributed by atoms with van der Waals surface area (Å²) in [4.78, 5) is 23.5. The molecule has 0 unspecified atom stereocenters. The van der Waals surface area contributed by atoms with Gasteiger partial charge in [-0.05, 0) is 41.0 Å². The average Bonchev–Trinajstić information content (AvgIpc) is 2.67. The van der Waals surface area contributed by atoms with E-state index in [0.29, 0.717) is 12.3 Å². The second-order valence-electron chi connectivity index (χ2n) is 7.33. The van der Waals surface area contributed by atoms with Crippen LogP contribution in [0.4, 0.5) is 13.2 Å². The average molecular weight is 411 g/mol. The molecule has 0 aliphatic heterocycles. The largest absolute Gasteiger partial charge is 0.482 e. The minimum absolute atomic E-state index is 0.0127. The first kappa shape index (κ1) is 22.5. The quantitative estimate of drug-likeness (QED) is 0.655. The van der Waals surface area contributed by atoms with Crippen LogP contribution < -0.4 is 10.1 Å². The molecule has 0 aliphatic carbocycles. The van der Waals surface area contributed by atoms with E-state index in [4.69, 9.17) is 4.74 Å². The molecule has 1 N–H and O–H groups in total. The van der Waals surface area contributed by atoms with E-state index in [2.05, 4.69) is 10.1 Å². The number of carbonyl (C=O) groups excluding carboxylic acids is 2. The summed E-state index contributed by atoms with van der Waals surface area (Å²) in [6.45, 7) is 3.90. The van der Waals surface area contributed by atoms with Gasteiger partial charge in [-0.25, -0.2) is 4.79 Å². The molecule has 0 saturated carbocycles. The van der Waals surface area contributed by atoms with Crippen molar-refractivity contribution in [1.82, 2.24) is 5.32 Å². The van der Waals surface area contributed by atoms with E-state index in [1.807, 2.05) is 39.0 Å². The molecule has 2 aromatic carbocycles. The first-order chi connectivity index (χ1) is 13.5. The number of fused-ring (bicyclic) bond motifs is 1. The summed E-state index contributed by atoms with van der Waals surface area (Å²) < 4.78 is 45.3. The number of ether oxygens (including phenoxy) is 2. The van der Waals surface area contributed by atoms with E-state index in [0.717, 1.165) is 22.8 Å². The highest BCUT2D eigenvalue weighted by molar-refractivity contribution is 5.85. The maximum absolute atomic E-state index is 12.2. The summed E-state index contributed by atoms with van der Waals surface area (Å²) in [5.41, 5.74) is 0.506. The Morgan fingerprint density at radius 1 is 1.03 bits per heavy atom. The minimum Gasteiger partial charge on any atom is -0.482 e. The number of hydrogen-bond donors (Lipinski definition) is 1. The molecule has 0 bridgehead atoms. The third-order valence-electron chi connectivity index (χ3n) is 4.58. The Morgan fingerprint density at radius 2 is 1.69 bits per heavy atom. The summed E-state index contributed by atoms with van der Waals surface area (Å²) >= 11 is 0. The van der Waals surface area contributed by atoms with Gasteiger partial charge >= 0.3 is 12.1 Å². The lowest BCUT2D eigenvalue weighted by atomic mass is 9.89. The third kappa shape index (κ3) is 6.96. The van der Waals surface area contributed by atoms with Crippen molar-refractivity contribution < 1.29 is 32.2 Å². The Labute approximate surface area is 167 Å². The minimum atomic E-state index is -4.57. The van der Waals surface area contributed by atoms with Gasteiger partial charge in [0.05, 0.1) is 0 Å². The normalized spacial score (nSPS) is 11.9. The van der Waals surface area contributed by atoms with Crippen molar-refractivity contribution in [2.24, 2.45) is 5.41 Å².